The molecule has 0 aromatic heterocycles. The van der Waals surface area contributed by atoms with Crippen molar-refractivity contribution < 1.29 is 5.11 Å². The quantitative estimate of drug-likeness (QED) is 0.696. The molecule has 1 nitrogen and oxygen atoms in total. The fourth-order valence-corrected chi connectivity index (χ4v) is 2.29. The first-order chi connectivity index (χ1) is 10.8. The second-order valence-corrected chi connectivity index (χ2v) is 5.43. The molecule has 0 saturated carbocycles. The highest BCUT2D eigenvalue weighted by Crippen LogP contribution is 2.09. The summed E-state index contributed by atoms with van der Waals surface area (Å²) in [6, 6.07) is 20.5. The van der Waals surface area contributed by atoms with Crippen LogP contribution in [0.3, 0.4) is 0 Å². The smallest absolute Gasteiger partial charge is 0.0546 e. The van der Waals surface area contributed by atoms with Crippen LogP contribution in [-0.2, 0) is 0 Å². The van der Waals surface area contributed by atoms with Crippen molar-refractivity contribution in [3.63, 3.8) is 0 Å². The van der Waals surface area contributed by atoms with E-state index in [4.69, 9.17) is 0 Å². The fourth-order valence-electron chi connectivity index (χ4n) is 2.29. The Hall–Kier alpha value is -2.12. The Morgan fingerprint density at radius 2 is 1.09 bits per heavy atom. The van der Waals surface area contributed by atoms with Crippen LogP contribution in [-0.4, -0.2) is 11.2 Å². The lowest BCUT2D eigenvalue weighted by molar-refractivity contribution is 0.157. The zero-order valence-electron chi connectivity index (χ0n) is 12.9. The Morgan fingerprint density at radius 1 is 0.682 bits per heavy atom. The van der Waals surface area contributed by atoms with Crippen molar-refractivity contribution in [3.8, 4) is 0 Å². The van der Waals surface area contributed by atoms with Crippen LogP contribution in [0.25, 0.3) is 12.2 Å². The summed E-state index contributed by atoms with van der Waals surface area (Å²) in [7, 11) is 0. The van der Waals surface area contributed by atoms with Gasteiger partial charge in [-0.2, -0.15) is 0 Å². The van der Waals surface area contributed by atoms with Gasteiger partial charge in [0.2, 0.25) is 0 Å². The molecule has 0 saturated heterocycles. The molecule has 2 rings (SSSR count). The van der Waals surface area contributed by atoms with Crippen LogP contribution in [0.15, 0.2) is 72.8 Å². The lowest BCUT2D eigenvalue weighted by atomic mass is 10.1. The molecule has 0 aliphatic heterocycles. The summed E-state index contributed by atoms with van der Waals surface area (Å²) in [4.78, 5) is 0. The number of allylic oxidation sites excluding steroid dienone is 2. The number of rotatable bonds is 8. The zero-order valence-corrected chi connectivity index (χ0v) is 12.9. The topological polar surface area (TPSA) is 20.2 Å². The Bertz CT molecular complexity index is 516. The molecule has 0 spiro atoms. The molecule has 1 N–H and O–H groups in total. The number of aliphatic hydroxyl groups is 1. The van der Waals surface area contributed by atoms with E-state index in [9.17, 15) is 5.11 Å². The van der Waals surface area contributed by atoms with E-state index in [1.165, 1.54) is 11.1 Å². The molecule has 2 aromatic carbocycles. The maximum absolute atomic E-state index is 9.98. The van der Waals surface area contributed by atoms with E-state index in [1.54, 1.807) is 0 Å². The van der Waals surface area contributed by atoms with Crippen LogP contribution in [0.5, 0.6) is 0 Å². The fraction of sp³-hybridized carbons (Fsp3) is 0.238. The van der Waals surface area contributed by atoms with Crippen LogP contribution in [0, 0.1) is 0 Å². The molecular formula is C21H24O. The lowest BCUT2D eigenvalue weighted by Gasteiger charge is -2.06. The first kappa shape index (κ1) is 16.3. The van der Waals surface area contributed by atoms with Crippen molar-refractivity contribution in [2.24, 2.45) is 0 Å². The number of benzene rings is 2. The van der Waals surface area contributed by atoms with Crippen LogP contribution < -0.4 is 0 Å². The van der Waals surface area contributed by atoms with Crippen LogP contribution in [0.1, 0.15) is 36.8 Å². The summed E-state index contributed by atoms with van der Waals surface area (Å²) in [6.07, 6.45) is 11.8. The minimum absolute atomic E-state index is 0.221. The second-order valence-electron chi connectivity index (χ2n) is 5.43. The number of aliphatic hydroxyl groups excluding tert-OH is 1. The Kier molecular flexibility index (Phi) is 7.20. The van der Waals surface area contributed by atoms with E-state index in [-0.39, 0.29) is 6.10 Å². The van der Waals surface area contributed by atoms with Crippen molar-refractivity contribution in [3.05, 3.63) is 83.9 Å². The molecular weight excluding hydrogens is 268 g/mol. The summed E-state index contributed by atoms with van der Waals surface area (Å²) in [5.41, 5.74) is 2.42. The average Bonchev–Trinajstić information content (AvgIpc) is 2.57. The summed E-state index contributed by atoms with van der Waals surface area (Å²) in [6.45, 7) is 0. The molecule has 2 aromatic rings. The first-order valence-electron chi connectivity index (χ1n) is 7.96. The largest absolute Gasteiger partial charge is 0.393 e. The molecule has 0 radical (unpaired) electrons. The molecule has 1 heteroatoms. The normalized spacial score (nSPS) is 11.7. The van der Waals surface area contributed by atoms with Gasteiger partial charge in [0, 0.05) is 0 Å². The number of hydrogen-bond acceptors (Lipinski definition) is 1. The van der Waals surface area contributed by atoms with Gasteiger partial charge in [-0.1, -0.05) is 85.0 Å². The molecule has 0 unspecified atom stereocenters. The van der Waals surface area contributed by atoms with Gasteiger partial charge < -0.3 is 5.11 Å². The van der Waals surface area contributed by atoms with Crippen molar-refractivity contribution in [2.75, 3.05) is 0 Å². The molecule has 0 bridgehead atoms. The van der Waals surface area contributed by atoms with Crippen molar-refractivity contribution in [1.29, 1.82) is 0 Å². The van der Waals surface area contributed by atoms with Gasteiger partial charge in [-0.25, -0.2) is 0 Å². The summed E-state index contributed by atoms with van der Waals surface area (Å²) in [5, 5.41) is 9.98. The Labute approximate surface area is 133 Å². The van der Waals surface area contributed by atoms with Gasteiger partial charge >= 0.3 is 0 Å². The first-order valence-corrected chi connectivity index (χ1v) is 7.96. The minimum atomic E-state index is -0.221. The third-order valence-electron chi connectivity index (χ3n) is 3.55. The monoisotopic (exact) mass is 292 g/mol. The molecule has 0 amide bonds. The van der Waals surface area contributed by atoms with E-state index in [0.29, 0.717) is 0 Å². The second kappa shape index (κ2) is 9.75. The van der Waals surface area contributed by atoms with E-state index in [1.807, 2.05) is 36.4 Å². The molecule has 114 valence electrons. The van der Waals surface area contributed by atoms with E-state index >= 15 is 0 Å². The van der Waals surface area contributed by atoms with Crippen LogP contribution >= 0.6 is 0 Å². The SMILES string of the molecule is OC(CC/C=C/c1ccccc1)CC/C=C/c1ccccc1. The highest BCUT2D eigenvalue weighted by atomic mass is 16.3. The van der Waals surface area contributed by atoms with Crippen LogP contribution in [0.2, 0.25) is 0 Å². The molecule has 0 aliphatic rings. The van der Waals surface area contributed by atoms with Crippen molar-refractivity contribution in [2.45, 2.75) is 31.8 Å². The molecule has 0 atom stereocenters. The van der Waals surface area contributed by atoms with E-state index in [2.05, 4.69) is 48.6 Å². The van der Waals surface area contributed by atoms with E-state index < -0.39 is 0 Å². The Balaban J connectivity index is 1.61. The minimum Gasteiger partial charge on any atom is -0.393 e. The van der Waals surface area contributed by atoms with Gasteiger partial charge in [-0.3, -0.25) is 0 Å². The number of hydrogen-bond donors (Lipinski definition) is 1. The van der Waals surface area contributed by atoms with Crippen molar-refractivity contribution >= 4 is 12.2 Å². The Morgan fingerprint density at radius 3 is 1.50 bits per heavy atom. The third-order valence-corrected chi connectivity index (χ3v) is 3.55. The van der Waals surface area contributed by atoms with Gasteiger partial charge in [0.05, 0.1) is 6.10 Å². The lowest BCUT2D eigenvalue weighted by Crippen LogP contribution is -2.04. The molecule has 0 fully saturated rings. The maximum Gasteiger partial charge on any atom is 0.0546 e. The van der Waals surface area contributed by atoms with Crippen molar-refractivity contribution in [1.82, 2.24) is 0 Å². The molecule has 0 aliphatic carbocycles. The van der Waals surface area contributed by atoms with Gasteiger partial charge in [-0.05, 0) is 36.8 Å². The standard InChI is InChI=1S/C21H24O/c22-21(17-9-7-15-19-11-3-1-4-12-19)18-10-8-16-20-13-5-2-6-14-20/h1-8,11-16,21-22H,9-10,17-18H2/b15-7+,16-8+. The van der Waals surface area contributed by atoms with Gasteiger partial charge in [0.15, 0.2) is 0 Å². The van der Waals surface area contributed by atoms with Gasteiger partial charge in [-0.15, -0.1) is 0 Å². The highest BCUT2D eigenvalue weighted by Gasteiger charge is 2.00. The van der Waals surface area contributed by atoms with Gasteiger partial charge in [0.1, 0.15) is 0 Å². The highest BCUT2D eigenvalue weighted by molar-refractivity contribution is 5.49. The maximum atomic E-state index is 9.98. The third kappa shape index (κ3) is 6.55. The average molecular weight is 292 g/mol. The predicted molar refractivity (Wildman–Crippen MR) is 95.4 cm³/mol. The van der Waals surface area contributed by atoms with E-state index in [0.717, 1.165) is 25.7 Å². The molecule has 0 heterocycles. The zero-order chi connectivity index (χ0) is 15.5. The molecule has 22 heavy (non-hydrogen) atoms. The van der Waals surface area contributed by atoms with Crippen LogP contribution in [0.4, 0.5) is 0 Å². The summed E-state index contributed by atoms with van der Waals surface area (Å²) in [5.74, 6) is 0. The summed E-state index contributed by atoms with van der Waals surface area (Å²) < 4.78 is 0. The van der Waals surface area contributed by atoms with Gasteiger partial charge in [0.25, 0.3) is 0 Å². The predicted octanol–water partition coefficient (Wildman–Crippen LogP) is 5.33. The summed E-state index contributed by atoms with van der Waals surface area (Å²) >= 11 is 0.